The Balaban J connectivity index is 0.000000170. The lowest BCUT2D eigenvalue weighted by Crippen LogP contribution is -2.29. The Bertz CT molecular complexity index is 2210. The molecule has 0 saturated carbocycles. The predicted octanol–water partition coefficient (Wildman–Crippen LogP) is 4.19. The zero-order chi connectivity index (χ0) is 40.6. The third-order valence-electron chi connectivity index (χ3n) is 8.59. The van der Waals surface area contributed by atoms with Crippen molar-refractivity contribution in [3.05, 3.63) is 107 Å². The fraction of sp³-hybridized carbons (Fsp3) is 0.278. The number of hydrogen-bond acceptors (Lipinski definition) is 14. The predicted molar refractivity (Wildman–Crippen MR) is 189 cm³/mol. The van der Waals surface area contributed by atoms with E-state index in [9.17, 15) is 41.5 Å². The third-order valence-corrected chi connectivity index (χ3v) is 8.59. The molecule has 8 rings (SSSR count). The van der Waals surface area contributed by atoms with E-state index < -0.39 is 54.3 Å². The lowest BCUT2D eigenvalue weighted by molar-refractivity contribution is -0.115. The van der Waals surface area contributed by atoms with Crippen LogP contribution >= 0.6 is 0 Å². The van der Waals surface area contributed by atoms with Crippen molar-refractivity contribution >= 4 is 46.5 Å². The first-order valence-corrected chi connectivity index (χ1v) is 17.1. The first-order chi connectivity index (χ1) is 27.4. The summed E-state index contributed by atoms with van der Waals surface area (Å²) in [6.45, 7) is 0.0376. The van der Waals surface area contributed by atoms with Crippen molar-refractivity contribution in [2.45, 2.75) is 25.0 Å². The molecule has 57 heavy (non-hydrogen) atoms. The van der Waals surface area contributed by atoms with Crippen molar-refractivity contribution in [1.82, 2.24) is 10.3 Å². The van der Waals surface area contributed by atoms with E-state index in [1.165, 1.54) is 83.3 Å². The maximum absolute atomic E-state index is 14.7. The van der Waals surface area contributed by atoms with Gasteiger partial charge in [0.1, 0.15) is 25.2 Å². The number of aliphatic hydroxyl groups is 1. The second kappa shape index (κ2) is 17.7. The van der Waals surface area contributed by atoms with E-state index in [1.54, 1.807) is 0 Å². The molecule has 0 bridgehead atoms. The molecule has 2 N–H and O–H groups in total. The molecule has 6 heterocycles. The summed E-state index contributed by atoms with van der Waals surface area (Å²) in [7, 11) is 0. The molecular weight excluding hydrogens is 768 g/mol. The molecule has 0 unspecified atom stereocenters. The average Bonchev–Trinajstić information content (AvgIpc) is 4.04. The Labute approximate surface area is 318 Å². The minimum Gasteiger partial charge on any atom is -0.471 e. The number of aromatic amines is 1. The van der Waals surface area contributed by atoms with Gasteiger partial charge in [0.2, 0.25) is 0 Å². The van der Waals surface area contributed by atoms with Crippen LogP contribution in [-0.2, 0) is 19.1 Å². The summed E-state index contributed by atoms with van der Waals surface area (Å²) >= 11 is 0. The molecule has 4 aliphatic heterocycles. The van der Waals surface area contributed by atoms with Crippen molar-refractivity contribution in [2.24, 2.45) is 0 Å². The van der Waals surface area contributed by atoms with Gasteiger partial charge in [-0.2, -0.15) is 5.16 Å². The van der Waals surface area contributed by atoms with Crippen LogP contribution in [0.15, 0.2) is 87.3 Å². The summed E-state index contributed by atoms with van der Waals surface area (Å²) in [5.74, 6) is -4.49. The largest absolute Gasteiger partial charge is 0.471 e. The SMILES string of the molecule is O=C1C=CN(c2ccc(N3C[C@H](CO)OC3=O)c(F)c2F)CC1.O=C1C=CN(c2ccc(N3C[C@H](COc4ccon4)OC3=O)c(F)c2F)CC1.O=c1cco[nH]1. The molecule has 0 radical (unpaired) electrons. The molecule has 2 atom stereocenters. The number of nitrogens with one attached hydrogen (secondary N) is 1. The van der Waals surface area contributed by atoms with Gasteiger partial charge in [0.25, 0.3) is 11.4 Å². The number of benzene rings is 2. The Morgan fingerprint density at radius 2 is 1.21 bits per heavy atom. The van der Waals surface area contributed by atoms with Crippen LogP contribution in [0.2, 0.25) is 0 Å². The van der Waals surface area contributed by atoms with E-state index >= 15 is 0 Å². The van der Waals surface area contributed by atoms with Crippen molar-refractivity contribution < 1.29 is 65.1 Å². The first-order valence-electron chi connectivity index (χ1n) is 17.1. The number of allylic oxidation sites excluding steroid dienone is 2. The van der Waals surface area contributed by atoms with Crippen LogP contribution in [-0.4, -0.2) is 90.8 Å². The highest BCUT2D eigenvalue weighted by Crippen LogP contribution is 2.34. The number of H-pyrrole nitrogens is 1. The van der Waals surface area contributed by atoms with Crippen LogP contribution in [0.5, 0.6) is 5.88 Å². The highest BCUT2D eigenvalue weighted by atomic mass is 19.2. The first kappa shape index (κ1) is 39.8. The third kappa shape index (κ3) is 9.32. The molecule has 21 heteroatoms. The summed E-state index contributed by atoms with van der Waals surface area (Å²) in [4.78, 5) is 60.9. The van der Waals surface area contributed by atoms with Crippen LogP contribution in [0, 0.1) is 23.3 Å². The summed E-state index contributed by atoms with van der Waals surface area (Å²) in [6, 6.07) is 8.08. The van der Waals surface area contributed by atoms with Crippen LogP contribution in [0.4, 0.5) is 49.9 Å². The maximum atomic E-state index is 14.7. The topological polar surface area (TPSA) is 201 Å². The number of amides is 2. The number of carbonyl (C=O) groups is 4. The smallest absolute Gasteiger partial charge is 0.414 e. The van der Waals surface area contributed by atoms with Gasteiger partial charge in [0.05, 0.1) is 42.4 Å². The number of cyclic esters (lactones) is 2. The standard InChI is InChI=1S/C18H15F2N3O5.C15H14F2N2O4.C3H3NO2/c19-16-13(22-6-3-11(24)4-7-22)1-2-14(17(16)20)23-9-12(28-18(23)25)10-26-15-5-8-27-21-15;16-13-11(18-5-3-9(21)4-6-18)1-2-12(14(13)17)19-7-10(8-20)23-15(19)22;5-3-1-2-6-4-3/h1-3,5-6,8,12H,4,7,9-10H2;1-3,5,10,20H,4,6-8H2;1-2H,(H,4,5)/t12-;10-;/m11./s1. The van der Waals surface area contributed by atoms with E-state index in [0.717, 1.165) is 9.80 Å². The lowest BCUT2D eigenvalue weighted by Gasteiger charge is -2.24. The summed E-state index contributed by atoms with van der Waals surface area (Å²) in [6.07, 6.45) is 5.40. The van der Waals surface area contributed by atoms with Crippen LogP contribution in [0.25, 0.3) is 0 Å². The molecule has 300 valence electrons. The number of aliphatic hydroxyl groups excluding tert-OH is 1. The number of ketones is 2. The van der Waals surface area contributed by atoms with Crippen molar-refractivity contribution in [3.63, 3.8) is 0 Å². The van der Waals surface area contributed by atoms with Gasteiger partial charge in [-0.25, -0.2) is 27.2 Å². The van der Waals surface area contributed by atoms with Gasteiger partial charge < -0.3 is 38.2 Å². The van der Waals surface area contributed by atoms with Crippen molar-refractivity contribution in [2.75, 3.05) is 59.0 Å². The molecule has 0 spiro atoms. The molecule has 2 fully saturated rings. The van der Waals surface area contributed by atoms with E-state index in [2.05, 4.69) is 19.4 Å². The molecule has 4 aliphatic rings. The number of nitrogens with zero attached hydrogens (tertiary/aromatic N) is 5. The number of anilines is 4. The number of hydrogen-bond donors (Lipinski definition) is 2. The van der Waals surface area contributed by atoms with Crippen LogP contribution in [0.3, 0.4) is 0 Å². The molecule has 2 aromatic heterocycles. The van der Waals surface area contributed by atoms with E-state index in [0.29, 0.717) is 0 Å². The number of ether oxygens (including phenoxy) is 3. The average molecular weight is 801 g/mol. The summed E-state index contributed by atoms with van der Waals surface area (Å²) in [5.41, 5.74) is -0.698. The second-order valence-corrected chi connectivity index (χ2v) is 12.4. The van der Waals surface area contributed by atoms with Gasteiger partial charge in [-0.15, -0.1) is 0 Å². The van der Waals surface area contributed by atoms with Crippen molar-refractivity contribution in [1.29, 1.82) is 0 Å². The number of carbonyl (C=O) groups excluding carboxylic acids is 4. The van der Waals surface area contributed by atoms with Crippen LogP contribution in [0.1, 0.15) is 12.8 Å². The van der Waals surface area contributed by atoms with Gasteiger partial charge in [-0.05, 0) is 41.6 Å². The van der Waals surface area contributed by atoms with Crippen molar-refractivity contribution in [3.8, 4) is 5.88 Å². The zero-order valence-corrected chi connectivity index (χ0v) is 29.5. The van der Waals surface area contributed by atoms with Gasteiger partial charge in [-0.3, -0.25) is 24.2 Å². The van der Waals surface area contributed by atoms with Gasteiger partial charge in [0.15, 0.2) is 40.9 Å². The summed E-state index contributed by atoms with van der Waals surface area (Å²) < 4.78 is 82.1. The Kier molecular flexibility index (Phi) is 12.4. The minimum absolute atomic E-state index is 0.00941. The van der Waals surface area contributed by atoms with Crippen LogP contribution < -0.4 is 29.9 Å². The molecule has 0 aliphatic carbocycles. The molecule has 17 nitrogen and oxygen atoms in total. The lowest BCUT2D eigenvalue weighted by atomic mass is 10.1. The Morgan fingerprint density at radius 3 is 1.61 bits per heavy atom. The molecular formula is C36H32F4N6O11. The quantitative estimate of drug-likeness (QED) is 0.240. The van der Waals surface area contributed by atoms with E-state index in [1.807, 2.05) is 0 Å². The van der Waals surface area contributed by atoms with E-state index in [-0.39, 0.29) is 91.4 Å². The highest BCUT2D eigenvalue weighted by Gasteiger charge is 2.37. The van der Waals surface area contributed by atoms with E-state index in [4.69, 9.17) is 19.3 Å². The molecule has 4 aromatic rings. The molecule has 2 amide bonds. The van der Waals surface area contributed by atoms with Gasteiger partial charge in [-0.1, -0.05) is 0 Å². The Hall–Kier alpha value is -6.90. The minimum atomic E-state index is -1.18. The fourth-order valence-electron chi connectivity index (χ4n) is 5.74. The maximum Gasteiger partial charge on any atom is 0.414 e. The summed E-state index contributed by atoms with van der Waals surface area (Å²) in [5, 5.41) is 14.6. The highest BCUT2D eigenvalue weighted by molar-refractivity contribution is 5.93. The van der Waals surface area contributed by atoms with Gasteiger partial charge >= 0.3 is 12.2 Å². The number of aromatic nitrogens is 2. The number of halogens is 4. The second-order valence-electron chi connectivity index (χ2n) is 12.4. The normalized spacial score (nSPS) is 18.9. The van der Waals surface area contributed by atoms with Gasteiger partial charge in [0, 0.05) is 50.5 Å². The fourth-order valence-corrected chi connectivity index (χ4v) is 5.74. The zero-order valence-electron chi connectivity index (χ0n) is 29.5. The monoisotopic (exact) mass is 800 g/mol. The molecule has 2 saturated heterocycles. The number of rotatable bonds is 8. The molecule has 2 aromatic carbocycles. The Morgan fingerprint density at radius 1 is 0.702 bits per heavy atom.